The molecule has 0 spiro atoms. The monoisotopic (exact) mass is 653 g/mol. The van der Waals surface area contributed by atoms with Crippen LogP contribution in [0.25, 0.3) is 94.3 Å². The molecule has 4 nitrogen and oxygen atoms in total. The van der Waals surface area contributed by atoms with Gasteiger partial charge in [0, 0.05) is 27.5 Å². The van der Waals surface area contributed by atoms with Crippen LogP contribution in [0.2, 0.25) is 0 Å². The number of hydrogen-bond acceptors (Lipinski definition) is 4. The Kier molecular flexibility index (Phi) is 6.91. The molecule has 0 N–H and O–H groups in total. The molecule has 10 rings (SSSR count). The number of fused-ring (bicyclic) bond motifs is 5. The summed E-state index contributed by atoms with van der Waals surface area (Å²) in [5, 5.41) is 6.76. The standard InChI is InChI=1S/C47H31N3O/c1-2-12-30(13-3-1)33-16-10-17-34(28-33)45-48-46(35-25-24-31-14-4-5-15-32(31)29-35)50-47(49-45)40-27-26-38(36-18-6-7-19-37(36)40)39-21-11-23-43-44(39)41-20-8-9-22-42(41)51-43/h1-2,4-12,14-29H,3,13H2. The molecule has 240 valence electrons. The fraction of sp³-hybridized carbons (Fsp3) is 0.0426. The highest BCUT2D eigenvalue weighted by Crippen LogP contribution is 2.41. The summed E-state index contributed by atoms with van der Waals surface area (Å²) in [5.41, 5.74) is 9.44. The molecule has 1 aliphatic rings. The van der Waals surface area contributed by atoms with Gasteiger partial charge >= 0.3 is 0 Å². The van der Waals surface area contributed by atoms with Crippen molar-refractivity contribution in [1.29, 1.82) is 0 Å². The molecule has 0 saturated heterocycles. The number of aromatic nitrogens is 3. The van der Waals surface area contributed by atoms with Crippen LogP contribution < -0.4 is 0 Å². The maximum Gasteiger partial charge on any atom is 0.164 e. The van der Waals surface area contributed by atoms with Crippen molar-refractivity contribution in [3.8, 4) is 45.3 Å². The van der Waals surface area contributed by atoms with Crippen molar-refractivity contribution in [3.63, 3.8) is 0 Å². The van der Waals surface area contributed by atoms with E-state index >= 15 is 0 Å². The zero-order valence-corrected chi connectivity index (χ0v) is 27.8. The fourth-order valence-electron chi connectivity index (χ4n) is 7.51. The molecular weight excluding hydrogens is 623 g/mol. The quantitative estimate of drug-likeness (QED) is 0.185. The molecule has 4 heteroatoms. The lowest BCUT2D eigenvalue weighted by Gasteiger charge is -2.14. The molecule has 0 atom stereocenters. The second kappa shape index (κ2) is 12.0. The fourth-order valence-corrected chi connectivity index (χ4v) is 7.51. The predicted molar refractivity (Wildman–Crippen MR) is 210 cm³/mol. The van der Waals surface area contributed by atoms with Gasteiger partial charge in [0.25, 0.3) is 0 Å². The summed E-state index contributed by atoms with van der Waals surface area (Å²) in [6, 6.07) is 50.9. The molecule has 0 aliphatic heterocycles. The average molecular weight is 654 g/mol. The van der Waals surface area contributed by atoms with Crippen LogP contribution in [0.4, 0.5) is 0 Å². The predicted octanol–water partition coefficient (Wildman–Crippen LogP) is 12.5. The van der Waals surface area contributed by atoms with Crippen molar-refractivity contribution >= 4 is 49.1 Å². The molecule has 0 radical (unpaired) electrons. The van der Waals surface area contributed by atoms with Gasteiger partial charge in [-0.15, -0.1) is 0 Å². The number of allylic oxidation sites excluding steroid dienone is 4. The number of furan rings is 1. The molecule has 9 aromatic rings. The van der Waals surface area contributed by atoms with Gasteiger partial charge in [0.2, 0.25) is 0 Å². The minimum atomic E-state index is 0.642. The first kappa shape index (κ1) is 29.3. The molecule has 0 fully saturated rings. The lowest BCUT2D eigenvalue weighted by atomic mass is 9.92. The molecule has 1 aliphatic carbocycles. The molecule has 51 heavy (non-hydrogen) atoms. The molecule has 2 aromatic heterocycles. The minimum Gasteiger partial charge on any atom is -0.456 e. The van der Waals surface area contributed by atoms with Crippen LogP contribution in [0.5, 0.6) is 0 Å². The smallest absolute Gasteiger partial charge is 0.164 e. The van der Waals surface area contributed by atoms with E-state index in [0.717, 1.165) is 78.8 Å². The maximum atomic E-state index is 6.27. The summed E-state index contributed by atoms with van der Waals surface area (Å²) in [6.45, 7) is 0. The van der Waals surface area contributed by atoms with Crippen molar-refractivity contribution in [1.82, 2.24) is 15.0 Å². The maximum absolute atomic E-state index is 6.27. The Balaban J connectivity index is 1.18. The Morgan fingerprint density at radius 3 is 1.96 bits per heavy atom. The molecule has 2 heterocycles. The van der Waals surface area contributed by atoms with Crippen LogP contribution >= 0.6 is 0 Å². The number of hydrogen-bond donors (Lipinski definition) is 0. The Morgan fingerprint density at radius 2 is 1.12 bits per heavy atom. The Hall–Kier alpha value is -6.65. The molecule has 0 bridgehead atoms. The van der Waals surface area contributed by atoms with E-state index in [1.54, 1.807) is 0 Å². The molecule has 0 saturated carbocycles. The lowest BCUT2D eigenvalue weighted by Crippen LogP contribution is -2.01. The Labute approximate surface area is 295 Å². The van der Waals surface area contributed by atoms with Gasteiger partial charge in [0.15, 0.2) is 17.5 Å². The summed E-state index contributed by atoms with van der Waals surface area (Å²) < 4.78 is 6.27. The van der Waals surface area contributed by atoms with E-state index in [2.05, 4.69) is 146 Å². The third kappa shape index (κ3) is 5.12. The van der Waals surface area contributed by atoms with Crippen molar-refractivity contribution in [2.24, 2.45) is 0 Å². The topological polar surface area (TPSA) is 51.8 Å². The van der Waals surface area contributed by atoms with Crippen LogP contribution in [0, 0.1) is 0 Å². The highest BCUT2D eigenvalue weighted by Gasteiger charge is 2.19. The second-order valence-corrected chi connectivity index (χ2v) is 13.1. The number of nitrogens with zero attached hydrogens (tertiary/aromatic N) is 3. The van der Waals surface area contributed by atoms with Gasteiger partial charge in [-0.25, -0.2) is 15.0 Å². The molecule has 0 amide bonds. The van der Waals surface area contributed by atoms with E-state index < -0.39 is 0 Å². The summed E-state index contributed by atoms with van der Waals surface area (Å²) in [4.78, 5) is 15.5. The van der Waals surface area contributed by atoms with Crippen LogP contribution in [0.3, 0.4) is 0 Å². The minimum absolute atomic E-state index is 0.642. The summed E-state index contributed by atoms with van der Waals surface area (Å²) in [5.74, 6) is 1.94. The van der Waals surface area contributed by atoms with Gasteiger partial charge in [-0.3, -0.25) is 0 Å². The molecule has 7 aromatic carbocycles. The molecular formula is C47H31N3O. The highest BCUT2D eigenvalue weighted by molar-refractivity contribution is 6.16. The van der Waals surface area contributed by atoms with Crippen molar-refractivity contribution in [2.75, 3.05) is 0 Å². The first-order chi connectivity index (χ1) is 25.3. The van der Waals surface area contributed by atoms with Gasteiger partial charge < -0.3 is 4.42 Å². The Bertz CT molecular complexity index is 2880. The van der Waals surface area contributed by atoms with E-state index in [9.17, 15) is 0 Å². The van der Waals surface area contributed by atoms with Gasteiger partial charge in [-0.2, -0.15) is 0 Å². The SMILES string of the molecule is C1=CCCC(c2cccc(-c3nc(-c4ccc5ccccc5c4)nc(-c4ccc(-c5cccc6oc7ccccc7c56)c5ccccc45)n3)c2)=C1. The van der Waals surface area contributed by atoms with Crippen LogP contribution in [-0.4, -0.2) is 15.0 Å². The summed E-state index contributed by atoms with van der Waals surface area (Å²) in [6.07, 6.45) is 8.64. The number of rotatable bonds is 5. The van der Waals surface area contributed by atoms with E-state index in [1.165, 1.54) is 16.5 Å². The molecule has 0 unspecified atom stereocenters. The van der Waals surface area contributed by atoms with Gasteiger partial charge in [0.1, 0.15) is 11.2 Å². The van der Waals surface area contributed by atoms with Crippen molar-refractivity contribution in [2.45, 2.75) is 12.8 Å². The van der Waals surface area contributed by atoms with Crippen molar-refractivity contribution in [3.05, 3.63) is 169 Å². The lowest BCUT2D eigenvalue weighted by molar-refractivity contribution is 0.669. The van der Waals surface area contributed by atoms with Crippen LogP contribution in [0.15, 0.2) is 168 Å². The van der Waals surface area contributed by atoms with Crippen LogP contribution in [-0.2, 0) is 0 Å². The third-order valence-electron chi connectivity index (χ3n) is 10.0. The number of para-hydroxylation sites is 1. The summed E-state index contributed by atoms with van der Waals surface area (Å²) in [7, 11) is 0. The zero-order chi connectivity index (χ0) is 33.7. The van der Waals surface area contributed by atoms with Crippen LogP contribution in [0.1, 0.15) is 18.4 Å². The van der Waals surface area contributed by atoms with Gasteiger partial charge in [0.05, 0.1) is 0 Å². The third-order valence-corrected chi connectivity index (χ3v) is 10.0. The average Bonchev–Trinajstić information content (AvgIpc) is 3.60. The van der Waals surface area contributed by atoms with E-state index in [4.69, 9.17) is 19.4 Å². The zero-order valence-electron chi connectivity index (χ0n) is 27.8. The summed E-state index contributed by atoms with van der Waals surface area (Å²) >= 11 is 0. The number of benzene rings is 7. The van der Waals surface area contributed by atoms with E-state index in [0.29, 0.717) is 17.5 Å². The van der Waals surface area contributed by atoms with E-state index in [1.807, 2.05) is 18.2 Å². The Morgan fingerprint density at radius 1 is 0.451 bits per heavy atom. The highest BCUT2D eigenvalue weighted by atomic mass is 16.3. The first-order valence-electron chi connectivity index (χ1n) is 17.4. The van der Waals surface area contributed by atoms with Gasteiger partial charge in [-0.05, 0) is 87.0 Å². The van der Waals surface area contributed by atoms with Crippen molar-refractivity contribution < 1.29 is 4.42 Å². The first-order valence-corrected chi connectivity index (χ1v) is 17.4. The second-order valence-electron chi connectivity index (χ2n) is 13.1. The van der Waals surface area contributed by atoms with E-state index in [-0.39, 0.29) is 0 Å². The van der Waals surface area contributed by atoms with Gasteiger partial charge in [-0.1, -0.05) is 133 Å². The normalized spacial score (nSPS) is 13.0. The largest absolute Gasteiger partial charge is 0.456 e.